The van der Waals surface area contributed by atoms with E-state index in [2.05, 4.69) is 60.0 Å². The first kappa shape index (κ1) is 30.0. The molecule has 236 valence electrons. The number of para-hydroxylation sites is 2. The van der Waals surface area contributed by atoms with Crippen LogP contribution in [-0.4, -0.2) is 38.7 Å². The number of benzene rings is 4. The highest BCUT2D eigenvalue weighted by Crippen LogP contribution is 2.45. The third kappa shape index (κ3) is 5.25. The van der Waals surface area contributed by atoms with Gasteiger partial charge in [0.05, 0.1) is 11.7 Å². The lowest BCUT2D eigenvalue weighted by Crippen LogP contribution is -2.48. The first-order valence-corrected chi connectivity index (χ1v) is 16.0. The maximum absolute atomic E-state index is 13.9. The summed E-state index contributed by atoms with van der Waals surface area (Å²) < 4.78 is 1.98. The zero-order valence-corrected chi connectivity index (χ0v) is 26.9. The van der Waals surface area contributed by atoms with Crippen LogP contribution in [0.2, 0.25) is 0 Å². The summed E-state index contributed by atoms with van der Waals surface area (Å²) >= 11 is 0. The average molecular weight is 624 g/mol. The first-order valence-electron chi connectivity index (χ1n) is 16.0. The van der Waals surface area contributed by atoms with E-state index in [4.69, 9.17) is 0 Å². The van der Waals surface area contributed by atoms with Crippen molar-refractivity contribution < 1.29 is 14.4 Å². The number of H-pyrrole nitrogens is 1. The van der Waals surface area contributed by atoms with Gasteiger partial charge in [0.2, 0.25) is 0 Å². The summed E-state index contributed by atoms with van der Waals surface area (Å²) in [5.74, 6) is -0.785. The number of nitrogens with zero attached hydrogens (tertiary/aromatic N) is 2. The molecular formula is C39H37N5O3. The predicted molar refractivity (Wildman–Crippen MR) is 185 cm³/mol. The normalized spacial score (nSPS) is 14.3. The number of carbonyl (C=O) groups excluding carboxylic acids is 3. The van der Waals surface area contributed by atoms with E-state index >= 15 is 0 Å². The van der Waals surface area contributed by atoms with Crippen LogP contribution in [0, 0.1) is 13.8 Å². The Bertz CT molecular complexity index is 2170. The monoisotopic (exact) mass is 623 g/mol. The fourth-order valence-electron chi connectivity index (χ4n) is 7.15. The molecule has 0 radical (unpaired) electrons. The van der Waals surface area contributed by atoms with Gasteiger partial charge in [0.1, 0.15) is 13.1 Å². The van der Waals surface area contributed by atoms with E-state index in [9.17, 15) is 14.4 Å². The van der Waals surface area contributed by atoms with Gasteiger partial charge in [0.15, 0.2) is 0 Å². The number of carbonyl (C=O) groups is 3. The molecule has 6 aromatic rings. The van der Waals surface area contributed by atoms with Crippen LogP contribution in [0.1, 0.15) is 64.1 Å². The molecule has 0 spiro atoms. The third-order valence-corrected chi connectivity index (χ3v) is 9.23. The van der Waals surface area contributed by atoms with Gasteiger partial charge in [-0.25, -0.2) is 0 Å². The maximum Gasteiger partial charge on any atom is 0.258 e. The molecule has 4 aromatic carbocycles. The molecule has 7 rings (SSSR count). The minimum absolute atomic E-state index is 0.0469. The fraction of sp³-hybridized carbons (Fsp3) is 0.205. The predicted octanol–water partition coefficient (Wildman–Crippen LogP) is 6.92. The Morgan fingerprint density at radius 1 is 0.787 bits per heavy atom. The van der Waals surface area contributed by atoms with Gasteiger partial charge in [0.25, 0.3) is 17.7 Å². The molecule has 8 heteroatoms. The van der Waals surface area contributed by atoms with Crippen molar-refractivity contribution >= 4 is 39.5 Å². The molecule has 0 aliphatic carbocycles. The Morgan fingerprint density at radius 3 is 2.17 bits per heavy atom. The van der Waals surface area contributed by atoms with Crippen molar-refractivity contribution in [3.05, 3.63) is 131 Å². The lowest BCUT2D eigenvalue weighted by Gasteiger charge is -2.26. The molecule has 1 aliphatic rings. The van der Waals surface area contributed by atoms with E-state index in [1.807, 2.05) is 79.1 Å². The number of rotatable bonds is 7. The summed E-state index contributed by atoms with van der Waals surface area (Å²) in [5.41, 5.74) is 14.7. The molecule has 0 bridgehead atoms. The summed E-state index contributed by atoms with van der Waals surface area (Å²) in [6.07, 6.45) is 0. The van der Waals surface area contributed by atoms with Gasteiger partial charge in [-0.05, 0) is 54.7 Å². The molecular weight excluding hydrogens is 586 g/mol. The van der Waals surface area contributed by atoms with Gasteiger partial charge in [0, 0.05) is 38.6 Å². The molecule has 2 aromatic heterocycles. The number of hydrazine groups is 1. The largest absolute Gasteiger partial charge is 0.354 e. The summed E-state index contributed by atoms with van der Waals surface area (Å²) in [6.45, 7) is 8.16. The SMILES string of the molecule is Cc1ccc(-c2[nH]c3ccccc3c2C2c3ccccc3C(=O)N2CC(=O)NNC(=O)Cn2c(C)c(C(C)C)c3ccccc32)cc1. The van der Waals surface area contributed by atoms with Gasteiger partial charge in [-0.3, -0.25) is 25.2 Å². The molecule has 1 aliphatic heterocycles. The second-order valence-corrected chi connectivity index (χ2v) is 12.6. The van der Waals surface area contributed by atoms with Crippen molar-refractivity contribution in [2.75, 3.05) is 6.54 Å². The minimum atomic E-state index is -0.518. The van der Waals surface area contributed by atoms with Crippen molar-refractivity contribution in [2.45, 2.75) is 46.2 Å². The molecule has 1 unspecified atom stereocenters. The molecule has 3 heterocycles. The van der Waals surface area contributed by atoms with E-state index < -0.39 is 11.9 Å². The second-order valence-electron chi connectivity index (χ2n) is 12.6. The third-order valence-electron chi connectivity index (χ3n) is 9.23. The Labute approximate surface area is 273 Å². The van der Waals surface area contributed by atoms with Crippen LogP contribution < -0.4 is 10.9 Å². The number of fused-ring (bicyclic) bond motifs is 3. The molecule has 8 nitrogen and oxygen atoms in total. The molecule has 3 N–H and O–H groups in total. The lowest BCUT2D eigenvalue weighted by atomic mass is 9.93. The number of aromatic nitrogens is 2. The number of amides is 3. The van der Waals surface area contributed by atoms with Crippen LogP contribution in [0.3, 0.4) is 0 Å². The van der Waals surface area contributed by atoms with Crippen molar-refractivity contribution in [2.24, 2.45) is 0 Å². The Balaban J connectivity index is 1.17. The summed E-state index contributed by atoms with van der Waals surface area (Å²) in [7, 11) is 0. The van der Waals surface area contributed by atoms with E-state index in [0.29, 0.717) is 11.5 Å². The quantitative estimate of drug-likeness (QED) is 0.168. The van der Waals surface area contributed by atoms with E-state index in [1.165, 1.54) is 5.56 Å². The van der Waals surface area contributed by atoms with Crippen LogP contribution >= 0.6 is 0 Å². The first-order chi connectivity index (χ1) is 22.7. The zero-order valence-electron chi connectivity index (χ0n) is 26.9. The highest BCUT2D eigenvalue weighted by Gasteiger charge is 2.41. The lowest BCUT2D eigenvalue weighted by molar-refractivity contribution is -0.129. The zero-order chi connectivity index (χ0) is 32.8. The van der Waals surface area contributed by atoms with Crippen LogP contribution in [0.25, 0.3) is 33.1 Å². The topological polar surface area (TPSA) is 99.2 Å². The van der Waals surface area contributed by atoms with Gasteiger partial charge in [-0.2, -0.15) is 0 Å². The number of nitrogens with one attached hydrogen (secondary N) is 3. The molecule has 0 saturated heterocycles. The van der Waals surface area contributed by atoms with Crippen LogP contribution in [-0.2, 0) is 16.1 Å². The average Bonchev–Trinajstić information content (AvgIpc) is 3.67. The van der Waals surface area contributed by atoms with Gasteiger partial charge in [-0.1, -0.05) is 98.3 Å². The molecule has 1 atom stereocenters. The maximum atomic E-state index is 13.9. The van der Waals surface area contributed by atoms with Gasteiger partial charge in [-0.15, -0.1) is 0 Å². The Hall–Kier alpha value is -5.63. The summed E-state index contributed by atoms with van der Waals surface area (Å²) in [6, 6.07) is 31.3. The number of aromatic amines is 1. The van der Waals surface area contributed by atoms with E-state index in [1.54, 1.807) is 11.0 Å². The van der Waals surface area contributed by atoms with E-state index in [0.717, 1.165) is 55.4 Å². The minimum Gasteiger partial charge on any atom is -0.354 e. The fourth-order valence-corrected chi connectivity index (χ4v) is 7.15. The Morgan fingerprint density at radius 2 is 1.43 bits per heavy atom. The highest BCUT2D eigenvalue weighted by molar-refractivity contribution is 6.03. The van der Waals surface area contributed by atoms with Crippen LogP contribution in [0.15, 0.2) is 97.1 Å². The number of hydrogen-bond acceptors (Lipinski definition) is 3. The highest BCUT2D eigenvalue weighted by atomic mass is 16.2. The van der Waals surface area contributed by atoms with Crippen molar-refractivity contribution in [3.8, 4) is 11.3 Å². The standard InChI is InChI=1S/C39H37N5O3/c1-23(2)35-25(4)43(32-16-10-8-14-30(32)35)21-33(45)41-42-34(46)22-44-38(27-11-5-6-12-28(27)39(44)47)36-29-13-7-9-15-31(29)40-37(36)26-19-17-24(3)18-20-26/h5-20,23,38,40H,21-22H2,1-4H3,(H,41,45)(H,42,46). The molecule has 0 fully saturated rings. The second kappa shape index (κ2) is 11.9. The van der Waals surface area contributed by atoms with E-state index in [-0.39, 0.29) is 24.9 Å². The summed E-state index contributed by atoms with van der Waals surface area (Å²) in [4.78, 5) is 45.7. The summed E-state index contributed by atoms with van der Waals surface area (Å²) in [5, 5.41) is 2.10. The number of aryl methyl sites for hydroxylation is 1. The smallest absolute Gasteiger partial charge is 0.258 e. The number of hydrogen-bond donors (Lipinski definition) is 3. The van der Waals surface area contributed by atoms with Crippen molar-refractivity contribution in [1.82, 2.24) is 25.3 Å². The van der Waals surface area contributed by atoms with Gasteiger partial charge < -0.3 is 14.5 Å². The molecule has 47 heavy (non-hydrogen) atoms. The van der Waals surface area contributed by atoms with Crippen molar-refractivity contribution in [1.29, 1.82) is 0 Å². The van der Waals surface area contributed by atoms with Crippen molar-refractivity contribution in [3.63, 3.8) is 0 Å². The Kier molecular flexibility index (Phi) is 7.64. The van der Waals surface area contributed by atoms with Crippen LogP contribution in [0.4, 0.5) is 0 Å². The van der Waals surface area contributed by atoms with Gasteiger partial charge >= 0.3 is 0 Å². The molecule has 3 amide bonds. The molecule has 0 saturated carbocycles. The van der Waals surface area contributed by atoms with Crippen LogP contribution in [0.5, 0.6) is 0 Å².